The summed E-state index contributed by atoms with van der Waals surface area (Å²) in [5.74, 6) is -2.75. The molecule has 0 fully saturated rings. The molecule has 0 aliphatic heterocycles. The largest absolute Gasteiger partial charge is 0.480 e. The Bertz CT molecular complexity index is 457. The van der Waals surface area contributed by atoms with Crippen LogP contribution in [0.15, 0.2) is 5.38 Å². The summed E-state index contributed by atoms with van der Waals surface area (Å²) in [6.07, 6.45) is -0.454. The highest BCUT2D eigenvalue weighted by atomic mass is 32.1. The van der Waals surface area contributed by atoms with Gasteiger partial charge in [0, 0.05) is 5.38 Å². The second-order valence-electron chi connectivity index (χ2n) is 3.29. The lowest BCUT2D eigenvalue weighted by atomic mass is 10.2. The van der Waals surface area contributed by atoms with Crippen LogP contribution in [0.2, 0.25) is 0 Å². The van der Waals surface area contributed by atoms with Gasteiger partial charge in [0.1, 0.15) is 11.7 Å². The van der Waals surface area contributed by atoms with Gasteiger partial charge in [-0.25, -0.2) is 9.78 Å². The molecule has 0 saturated carbocycles. The molecule has 0 unspecified atom stereocenters. The molecule has 2 amide bonds. The summed E-state index contributed by atoms with van der Waals surface area (Å²) in [4.78, 5) is 36.9. The van der Waals surface area contributed by atoms with E-state index in [4.69, 9.17) is 10.8 Å². The number of aromatic nitrogens is 1. The first-order valence-corrected chi connectivity index (χ1v) is 5.52. The first kappa shape index (κ1) is 13.1. The predicted octanol–water partition coefficient (Wildman–Crippen LogP) is -0.490. The van der Waals surface area contributed by atoms with E-state index in [0.29, 0.717) is 5.01 Å². The number of carbonyl (C=O) groups excluding carboxylic acids is 2. The third kappa shape index (κ3) is 3.83. The van der Waals surface area contributed by atoms with Gasteiger partial charge in [0.25, 0.3) is 5.91 Å². The smallest absolute Gasteiger partial charge is 0.326 e. The molecule has 1 rings (SSSR count). The lowest BCUT2D eigenvalue weighted by molar-refractivity contribution is -0.140. The Morgan fingerprint density at radius 3 is 2.65 bits per heavy atom. The van der Waals surface area contributed by atoms with Crippen molar-refractivity contribution < 1.29 is 19.5 Å². The molecule has 17 heavy (non-hydrogen) atoms. The number of carbonyl (C=O) groups is 3. The Morgan fingerprint density at radius 1 is 1.59 bits per heavy atom. The molecule has 0 aliphatic rings. The van der Waals surface area contributed by atoms with Gasteiger partial charge in [0.05, 0.1) is 11.4 Å². The van der Waals surface area contributed by atoms with Gasteiger partial charge in [-0.1, -0.05) is 0 Å². The van der Waals surface area contributed by atoms with E-state index in [1.54, 1.807) is 6.92 Å². The number of aliphatic carboxylic acids is 1. The van der Waals surface area contributed by atoms with Crippen LogP contribution in [0.3, 0.4) is 0 Å². The fourth-order valence-corrected chi connectivity index (χ4v) is 1.69. The van der Waals surface area contributed by atoms with Gasteiger partial charge in [-0.3, -0.25) is 9.59 Å². The van der Waals surface area contributed by atoms with Crippen molar-refractivity contribution in [1.82, 2.24) is 10.3 Å². The first-order chi connectivity index (χ1) is 7.90. The SMILES string of the molecule is Cc1nc(C(=O)N[C@@H](CC(N)=O)C(=O)O)cs1. The monoisotopic (exact) mass is 257 g/mol. The molecule has 1 atom stereocenters. The summed E-state index contributed by atoms with van der Waals surface area (Å²) in [7, 11) is 0. The molecular formula is C9H11N3O4S. The van der Waals surface area contributed by atoms with Crippen LogP contribution in [0.5, 0.6) is 0 Å². The van der Waals surface area contributed by atoms with Crippen LogP contribution < -0.4 is 11.1 Å². The van der Waals surface area contributed by atoms with Gasteiger partial charge in [-0.2, -0.15) is 0 Å². The van der Waals surface area contributed by atoms with E-state index in [1.165, 1.54) is 16.7 Å². The Labute approximate surface area is 101 Å². The number of nitrogens with two attached hydrogens (primary N) is 1. The van der Waals surface area contributed by atoms with Crippen molar-refractivity contribution in [3.63, 3.8) is 0 Å². The molecule has 1 heterocycles. The minimum Gasteiger partial charge on any atom is -0.480 e. The molecule has 1 aromatic rings. The fraction of sp³-hybridized carbons (Fsp3) is 0.333. The maximum absolute atomic E-state index is 11.6. The summed E-state index contributed by atoms with van der Waals surface area (Å²) < 4.78 is 0. The number of carboxylic acid groups (broad SMARTS) is 1. The molecule has 0 bridgehead atoms. The number of hydrogen-bond donors (Lipinski definition) is 3. The molecule has 0 saturated heterocycles. The minimum atomic E-state index is -1.33. The third-order valence-electron chi connectivity index (χ3n) is 1.86. The Balaban J connectivity index is 2.70. The van der Waals surface area contributed by atoms with Crippen molar-refractivity contribution >= 4 is 29.1 Å². The van der Waals surface area contributed by atoms with Crippen LogP contribution in [0.1, 0.15) is 21.9 Å². The normalized spacial score (nSPS) is 11.8. The second-order valence-corrected chi connectivity index (χ2v) is 4.35. The van der Waals surface area contributed by atoms with E-state index in [2.05, 4.69) is 10.3 Å². The van der Waals surface area contributed by atoms with E-state index in [9.17, 15) is 14.4 Å². The summed E-state index contributed by atoms with van der Waals surface area (Å²) in [6, 6.07) is -1.33. The van der Waals surface area contributed by atoms with Gasteiger partial charge >= 0.3 is 5.97 Å². The molecule has 0 aromatic carbocycles. The van der Waals surface area contributed by atoms with Crippen LogP contribution in [-0.4, -0.2) is 33.9 Å². The lowest BCUT2D eigenvalue weighted by Crippen LogP contribution is -2.43. The first-order valence-electron chi connectivity index (χ1n) is 4.64. The molecule has 7 nitrogen and oxygen atoms in total. The fourth-order valence-electron chi connectivity index (χ4n) is 1.10. The summed E-state index contributed by atoms with van der Waals surface area (Å²) in [5, 5.41) is 13.2. The number of nitrogens with zero attached hydrogens (tertiary/aromatic N) is 1. The quantitative estimate of drug-likeness (QED) is 0.657. The number of carboxylic acids is 1. The van der Waals surface area contributed by atoms with Crippen molar-refractivity contribution in [2.75, 3.05) is 0 Å². The lowest BCUT2D eigenvalue weighted by Gasteiger charge is -2.11. The molecule has 0 radical (unpaired) electrons. The Hall–Kier alpha value is -1.96. The van der Waals surface area contributed by atoms with E-state index in [-0.39, 0.29) is 5.69 Å². The topological polar surface area (TPSA) is 122 Å². The van der Waals surface area contributed by atoms with E-state index in [1.807, 2.05) is 0 Å². The number of aryl methyl sites for hydroxylation is 1. The van der Waals surface area contributed by atoms with Crippen LogP contribution in [0.25, 0.3) is 0 Å². The van der Waals surface area contributed by atoms with Gasteiger partial charge < -0.3 is 16.2 Å². The summed E-state index contributed by atoms with van der Waals surface area (Å²) >= 11 is 1.27. The Kier molecular flexibility index (Phi) is 4.16. The van der Waals surface area contributed by atoms with E-state index < -0.39 is 30.2 Å². The third-order valence-corrected chi connectivity index (χ3v) is 2.63. The number of thiazole rings is 1. The zero-order chi connectivity index (χ0) is 13.0. The highest BCUT2D eigenvalue weighted by Gasteiger charge is 2.23. The molecule has 0 aliphatic carbocycles. The van der Waals surface area contributed by atoms with Crippen molar-refractivity contribution in [1.29, 1.82) is 0 Å². The number of rotatable bonds is 5. The van der Waals surface area contributed by atoms with Gasteiger partial charge in [0.2, 0.25) is 5.91 Å². The highest BCUT2D eigenvalue weighted by molar-refractivity contribution is 7.09. The van der Waals surface area contributed by atoms with Crippen LogP contribution in [-0.2, 0) is 9.59 Å². The van der Waals surface area contributed by atoms with Crippen molar-refractivity contribution in [3.8, 4) is 0 Å². The molecule has 8 heteroatoms. The predicted molar refractivity (Wildman–Crippen MR) is 59.6 cm³/mol. The van der Waals surface area contributed by atoms with Crippen molar-refractivity contribution in [2.45, 2.75) is 19.4 Å². The zero-order valence-electron chi connectivity index (χ0n) is 8.97. The van der Waals surface area contributed by atoms with Crippen LogP contribution >= 0.6 is 11.3 Å². The number of primary amides is 1. The molecule has 0 spiro atoms. The standard InChI is InChI=1S/C9H11N3O4S/c1-4-11-6(3-17-4)8(14)12-5(9(15)16)2-7(10)13/h3,5H,2H2,1H3,(H2,10,13)(H,12,14)(H,15,16)/t5-/m0/s1. The van der Waals surface area contributed by atoms with Gasteiger partial charge in [-0.05, 0) is 6.92 Å². The number of amides is 2. The summed E-state index contributed by atoms with van der Waals surface area (Å²) in [5.41, 5.74) is 5.01. The van der Waals surface area contributed by atoms with Crippen molar-refractivity contribution in [3.05, 3.63) is 16.1 Å². The Morgan fingerprint density at radius 2 is 2.24 bits per heavy atom. The van der Waals surface area contributed by atoms with Crippen LogP contribution in [0.4, 0.5) is 0 Å². The van der Waals surface area contributed by atoms with E-state index >= 15 is 0 Å². The molecule has 4 N–H and O–H groups in total. The van der Waals surface area contributed by atoms with Gasteiger partial charge in [0.15, 0.2) is 0 Å². The van der Waals surface area contributed by atoms with Crippen LogP contribution in [0, 0.1) is 6.92 Å². The maximum Gasteiger partial charge on any atom is 0.326 e. The number of nitrogens with one attached hydrogen (secondary N) is 1. The van der Waals surface area contributed by atoms with Gasteiger partial charge in [-0.15, -0.1) is 11.3 Å². The zero-order valence-corrected chi connectivity index (χ0v) is 9.78. The molecule has 1 aromatic heterocycles. The molecular weight excluding hydrogens is 246 g/mol. The maximum atomic E-state index is 11.6. The average molecular weight is 257 g/mol. The molecule has 92 valence electrons. The second kappa shape index (κ2) is 5.39. The van der Waals surface area contributed by atoms with E-state index in [0.717, 1.165) is 0 Å². The minimum absolute atomic E-state index is 0.128. The summed E-state index contributed by atoms with van der Waals surface area (Å²) in [6.45, 7) is 1.72. The average Bonchev–Trinajstić information content (AvgIpc) is 2.63. The number of hydrogen-bond acceptors (Lipinski definition) is 5. The highest BCUT2D eigenvalue weighted by Crippen LogP contribution is 2.08. The van der Waals surface area contributed by atoms with Crippen molar-refractivity contribution in [2.24, 2.45) is 5.73 Å².